The molecular weight excluding hydrogens is 547 g/mol. The first-order valence-corrected chi connectivity index (χ1v) is 14.8. The third-order valence-electron chi connectivity index (χ3n) is 7.76. The van der Waals surface area contributed by atoms with Crippen LogP contribution >= 0.6 is 0 Å². The summed E-state index contributed by atoms with van der Waals surface area (Å²) < 4.78 is 38.9. The number of hydrogen-bond donors (Lipinski definition) is 0. The first-order valence-electron chi connectivity index (χ1n) is 14.8. The van der Waals surface area contributed by atoms with Gasteiger partial charge in [0.05, 0.1) is 27.3 Å². The van der Waals surface area contributed by atoms with E-state index in [1.54, 1.807) is 32.4 Å². The Morgan fingerprint density at radius 3 is 1.51 bits per heavy atom. The average Bonchev–Trinajstić information content (AvgIpc) is 3.71. The van der Waals surface area contributed by atoms with E-state index in [0.29, 0.717) is 46.2 Å². The highest BCUT2D eigenvalue weighted by Crippen LogP contribution is 2.32. The summed E-state index contributed by atoms with van der Waals surface area (Å²) in [7, 11) is 3.20. The maximum atomic E-state index is 15.6. The standard InChI is InChI=1S/C34H41FN4O4/c1-22(2)38-16-14-36-33(38)24-10-12-28(30(18-24)40-5)42-20-26-8-7-9-27(32(26)35)21-43-29-13-11-25(19-31(29)41-6)34-37-15-17-39(34)23(3)4/h7-13,18-19,22-23H,14-17,20-21H2,1-6H3. The molecule has 0 fully saturated rings. The van der Waals surface area contributed by atoms with E-state index in [9.17, 15) is 0 Å². The molecule has 9 heteroatoms. The molecule has 0 bridgehead atoms. The molecule has 2 aliphatic heterocycles. The van der Waals surface area contributed by atoms with Crippen molar-refractivity contribution in [1.29, 1.82) is 0 Å². The summed E-state index contributed by atoms with van der Waals surface area (Å²) in [5.41, 5.74) is 2.79. The number of hydrogen-bond acceptors (Lipinski definition) is 8. The monoisotopic (exact) mass is 588 g/mol. The van der Waals surface area contributed by atoms with Gasteiger partial charge in [-0.05, 0) is 64.1 Å². The fourth-order valence-electron chi connectivity index (χ4n) is 5.46. The van der Waals surface area contributed by atoms with E-state index in [-0.39, 0.29) is 19.0 Å². The lowest BCUT2D eigenvalue weighted by molar-refractivity contribution is 0.270. The van der Waals surface area contributed by atoms with Gasteiger partial charge >= 0.3 is 0 Å². The zero-order valence-electron chi connectivity index (χ0n) is 25.9. The summed E-state index contributed by atoms with van der Waals surface area (Å²) in [6.07, 6.45) is 0. The summed E-state index contributed by atoms with van der Waals surface area (Å²) in [4.78, 5) is 13.9. The summed E-state index contributed by atoms with van der Waals surface area (Å²) in [6.45, 7) is 12.1. The molecule has 2 heterocycles. The molecule has 0 saturated carbocycles. The molecule has 0 amide bonds. The van der Waals surface area contributed by atoms with Crippen molar-refractivity contribution in [3.05, 3.63) is 82.7 Å². The molecule has 3 aromatic carbocycles. The minimum atomic E-state index is -0.366. The number of aliphatic imine (C=N–C) groups is 2. The van der Waals surface area contributed by atoms with Gasteiger partial charge in [0.2, 0.25) is 0 Å². The maximum Gasteiger partial charge on any atom is 0.161 e. The zero-order chi connectivity index (χ0) is 30.5. The van der Waals surface area contributed by atoms with Crippen molar-refractivity contribution in [1.82, 2.24) is 9.80 Å². The smallest absolute Gasteiger partial charge is 0.161 e. The molecule has 0 N–H and O–H groups in total. The fourth-order valence-corrected chi connectivity index (χ4v) is 5.46. The van der Waals surface area contributed by atoms with Crippen LogP contribution in [0.25, 0.3) is 0 Å². The Labute approximate surface area is 253 Å². The van der Waals surface area contributed by atoms with Gasteiger partial charge in [-0.1, -0.05) is 18.2 Å². The number of benzene rings is 3. The predicted octanol–water partition coefficient (Wildman–Crippen LogP) is 5.94. The molecule has 0 aromatic heterocycles. The SMILES string of the molecule is COc1cc(C2=NCCN2C(C)C)ccc1OCc1cccc(COc2ccc(C3=NCCN3C(C)C)cc2OC)c1F. The molecule has 0 radical (unpaired) electrons. The van der Waals surface area contributed by atoms with E-state index >= 15 is 4.39 Å². The molecule has 228 valence electrons. The summed E-state index contributed by atoms with van der Waals surface area (Å²) >= 11 is 0. The second kappa shape index (κ2) is 13.4. The molecule has 2 aliphatic rings. The molecule has 3 aromatic rings. The largest absolute Gasteiger partial charge is 0.493 e. The van der Waals surface area contributed by atoms with Gasteiger partial charge in [0.15, 0.2) is 23.0 Å². The van der Waals surface area contributed by atoms with Crippen LogP contribution in [0.15, 0.2) is 64.6 Å². The lowest BCUT2D eigenvalue weighted by atomic mass is 10.1. The van der Waals surface area contributed by atoms with Gasteiger partial charge in [0, 0.05) is 47.4 Å². The molecule has 43 heavy (non-hydrogen) atoms. The van der Waals surface area contributed by atoms with Crippen molar-refractivity contribution in [2.75, 3.05) is 40.4 Å². The number of rotatable bonds is 12. The van der Waals surface area contributed by atoms with Crippen molar-refractivity contribution in [2.45, 2.75) is 53.0 Å². The predicted molar refractivity (Wildman–Crippen MR) is 168 cm³/mol. The van der Waals surface area contributed by atoms with Crippen LogP contribution in [0, 0.1) is 5.82 Å². The van der Waals surface area contributed by atoms with E-state index in [0.717, 1.165) is 49.0 Å². The van der Waals surface area contributed by atoms with Crippen LogP contribution in [0.1, 0.15) is 49.9 Å². The number of ether oxygens (including phenoxy) is 4. The van der Waals surface area contributed by atoms with Crippen LogP contribution < -0.4 is 18.9 Å². The van der Waals surface area contributed by atoms with Crippen LogP contribution in [-0.2, 0) is 13.2 Å². The van der Waals surface area contributed by atoms with Crippen molar-refractivity contribution < 1.29 is 23.3 Å². The first-order chi connectivity index (χ1) is 20.8. The van der Waals surface area contributed by atoms with E-state index < -0.39 is 0 Å². The molecule has 5 rings (SSSR count). The normalized spacial score (nSPS) is 14.8. The highest BCUT2D eigenvalue weighted by Gasteiger charge is 2.24. The Morgan fingerprint density at radius 1 is 0.674 bits per heavy atom. The highest BCUT2D eigenvalue weighted by molar-refractivity contribution is 6.01. The van der Waals surface area contributed by atoms with Crippen LogP contribution in [0.2, 0.25) is 0 Å². The third kappa shape index (κ3) is 6.55. The molecule has 0 unspecified atom stereocenters. The lowest BCUT2D eigenvalue weighted by Crippen LogP contribution is -2.34. The first kappa shape index (κ1) is 30.2. The van der Waals surface area contributed by atoms with Crippen LogP contribution in [0.5, 0.6) is 23.0 Å². The minimum absolute atomic E-state index is 0.0426. The Balaban J connectivity index is 1.26. The van der Waals surface area contributed by atoms with Crippen LogP contribution in [0.3, 0.4) is 0 Å². The highest BCUT2D eigenvalue weighted by atomic mass is 19.1. The number of halogens is 1. The van der Waals surface area contributed by atoms with E-state index in [2.05, 4.69) is 47.5 Å². The van der Waals surface area contributed by atoms with Crippen molar-refractivity contribution in [3.63, 3.8) is 0 Å². The van der Waals surface area contributed by atoms with Crippen LogP contribution in [0.4, 0.5) is 4.39 Å². The topological polar surface area (TPSA) is 68.1 Å². The molecular formula is C34H41FN4O4. The second-order valence-corrected chi connectivity index (χ2v) is 11.2. The van der Waals surface area contributed by atoms with Gasteiger partial charge in [-0.25, -0.2) is 4.39 Å². The maximum absolute atomic E-state index is 15.6. The Hall–Kier alpha value is -4.27. The van der Waals surface area contributed by atoms with E-state index in [1.165, 1.54) is 0 Å². The molecule has 0 atom stereocenters. The summed E-state index contributed by atoms with van der Waals surface area (Å²) in [6, 6.07) is 17.4. The lowest BCUT2D eigenvalue weighted by Gasteiger charge is -2.25. The minimum Gasteiger partial charge on any atom is -0.493 e. The van der Waals surface area contributed by atoms with Gasteiger partial charge in [0.1, 0.15) is 30.7 Å². The van der Waals surface area contributed by atoms with Gasteiger partial charge in [-0.3, -0.25) is 9.98 Å². The van der Waals surface area contributed by atoms with Crippen molar-refractivity contribution in [2.24, 2.45) is 9.98 Å². The number of nitrogens with zero attached hydrogens (tertiary/aromatic N) is 4. The van der Waals surface area contributed by atoms with Crippen LogP contribution in [-0.4, -0.2) is 74.0 Å². The molecule has 0 spiro atoms. The van der Waals surface area contributed by atoms with E-state index in [1.807, 2.05) is 36.4 Å². The average molecular weight is 589 g/mol. The number of methoxy groups -OCH3 is 2. The van der Waals surface area contributed by atoms with Crippen molar-refractivity contribution in [3.8, 4) is 23.0 Å². The quantitative estimate of drug-likeness (QED) is 0.261. The second-order valence-electron chi connectivity index (χ2n) is 11.2. The van der Waals surface area contributed by atoms with Gasteiger partial charge in [0.25, 0.3) is 0 Å². The zero-order valence-corrected chi connectivity index (χ0v) is 25.9. The summed E-state index contributed by atoms with van der Waals surface area (Å²) in [5.74, 6) is 3.76. The Bertz CT molecular complexity index is 1400. The van der Waals surface area contributed by atoms with Gasteiger partial charge in [-0.15, -0.1) is 0 Å². The molecule has 8 nitrogen and oxygen atoms in total. The number of amidine groups is 2. The molecule has 0 saturated heterocycles. The van der Waals surface area contributed by atoms with Gasteiger partial charge in [-0.2, -0.15) is 0 Å². The Morgan fingerprint density at radius 2 is 1.12 bits per heavy atom. The summed E-state index contributed by atoms with van der Waals surface area (Å²) in [5, 5.41) is 0. The van der Waals surface area contributed by atoms with E-state index in [4.69, 9.17) is 18.9 Å². The van der Waals surface area contributed by atoms with Gasteiger partial charge < -0.3 is 28.7 Å². The third-order valence-corrected chi connectivity index (χ3v) is 7.76. The Kier molecular flexibility index (Phi) is 9.38. The molecule has 0 aliphatic carbocycles. The van der Waals surface area contributed by atoms with Crippen molar-refractivity contribution >= 4 is 11.7 Å². The fraction of sp³-hybridized carbons (Fsp3) is 0.412.